The summed E-state index contributed by atoms with van der Waals surface area (Å²) in [6, 6.07) is 11.6. The van der Waals surface area contributed by atoms with Crippen LogP contribution in [0.3, 0.4) is 0 Å². The lowest BCUT2D eigenvalue weighted by Gasteiger charge is -2.34. The fourth-order valence-electron chi connectivity index (χ4n) is 4.25. The minimum Gasteiger partial charge on any atom is -0.360 e. The zero-order valence-electron chi connectivity index (χ0n) is 19.2. The average Bonchev–Trinajstić information content (AvgIpc) is 3.57. The molecule has 182 valence electrons. The van der Waals surface area contributed by atoms with E-state index in [1.165, 1.54) is 28.0 Å². The number of fused-ring (bicyclic) bond motifs is 1. The molecule has 4 aromatic rings. The van der Waals surface area contributed by atoms with Gasteiger partial charge in [-0.25, -0.2) is 4.39 Å². The first-order valence-corrected chi connectivity index (χ1v) is 11.3. The number of H-pyrrole nitrogens is 1. The number of rotatable bonds is 6. The van der Waals surface area contributed by atoms with Gasteiger partial charge in [-0.2, -0.15) is 4.80 Å². The fraction of sp³-hybridized carbons (Fsp3) is 0.200. The Kier molecular flexibility index (Phi) is 6.11. The quantitative estimate of drug-likeness (QED) is 0.253. The lowest BCUT2D eigenvalue weighted by atomic mass is 10.0. The van der Waals surface area contributed by atoms with Gasteiger partial charge in [-0.3, -0.25) is 14.4 Å². The van der Waals surface area contributed by atoms with Gasteiger partial charge >= 0.3 is 0 Å². The van der Waals surface area contributed by atoms with Crippen LogP contribution >= 0.6 is 0 Å². The molecular formula is C25H22FN7O3. The Labute approximate surface area is 205 Å². The second kappa shape index (κ2) is 9.53. The molecule has 0 unspecified atom stereocenters. The minimum atomic E-state index is -0.830. The van der Waals surface area contributed by atoms with Crippen LogP contribution in [0.15, 0.2) is 61.3 Å². The van der Waals surface area contributed by atoms with Crippen LogP contribution in [0.2, 0.25) is 0 Å². The van der Waals surface area contributed by atoms with E-state index in [4.69, 9.17) is 0 Å². The van der Waals surface area contributed by atoms with Gasteiger partial charge in [0.25, 0.3) is 17.6 Å². The van der Waals surface area contributed by atoms with Crippen LogP contribution in [0.25, 0.3) is 22.3 Å². The molecule has 1 aliphatic heterocycles. The first-order chi connectivity index (χ1) is 17.5. The van der Waals surface area contributed by atoms with Gasteiger partial charge < -0.3 is 14.8 Å². The summed E-state index contributed by atoms with van der Waals surface area (Å²) in [5.74, 6) is -2.11. The van der Waals surface area contributed by atoms with Gasteiger partial charge in [-0.15, -0.1) is 16.8 Å². The number of piperazine rings is 1. The summed E-state index contributed by atoms with van der Waals surface area (Å²) in [4.78, 5) is 46.1. The molecule has 36 heavy (non-hydrogen) atoms. The van der Waals surface area contributed by atoms with Gasteiger partial charge in [-0.05, 0) is 29.5 Å². The molecule has 2 amide bonds. The van der Waals surface area contributed by atoms with Crippen molar-refractivity contribution in [2.75, 3.05) is 26.2 Å². The normalized spacial score (nSPS) is 13.7. The minimum absolute atomic E-state index is 0.0104. The third-order valence-electron chi connectivity index (χ3n) is 6.08. The predicted molar refractivity (Wildman–Crippen MR) is 129 cm³/mol. The van der Waals surface area contributed by atoms with Crippen LogP contribution in [0.5, 0.6) is 0 Å². The van der Waals surface area contributed by atoms with E-state index in [9.17, 15) is 18.8 Å². The van der Waals surface area contributed by atoms with Gasteiger partial charge in [0.2, 0.25) is 5.82 Å². The molecule has 0 bridgehead atoms. The molecule has 5 rings (SSSR count). The Morgan fingerprint density at radius 1 is 1.03 bits per heavy atom. The molecule has 1 aliphatic rings. The molecule has 0 saturated carbocycles. The van der Waals surface area contributed by atoms with E-state index in [1.54, 1.807) is 35.2 Å². The summed E-state index contributed by atoms with van der Waals surface area (Å²) in [5, 5.41) is 12.1. The zero-order valence-corrected chi connectivity index (χ0v) is 19.2. The number of hydrogen-bond acceptors (Lipinski definition) is 6. The molecule has 0 radical (unpaired) electrons. The summed E-state index contributed by atoms with van der Waals surface area (Å²) in [5.41, 5.74) is 1.23. The van der Waals surface area contributed by atoms with Crippen molar-refractivity contribution in [1.82, 2.24) is 35.0 Å². The largest absolute Gasteiger partial charge is 0.360 e. The number of amides is 2. The highest BCUT2D eigenvalue weighted by Gasteiger charge is 2.31. The molecule has 2 aromatic carbocycles. The molecule has 3 heterocycles. The third-order valence-corrected chi connectivity index (χ3v) is 6.08. The SMILES string of the molecule is C=CCn1nnc(-c2ccc(F)c3c(C(=O)C(=O)N4CCN(C(=O)c5ccccc5)CC4)c[nH]c23)n1. The standard InChI is InChI=1S/C25H22FN7O3/c1-2-10-33-29-23(28-30-33)17-8-9-19(26)20-18(15-27-21(17)20)22(34)25(36)32-13-11-31(12-14-32)24(35)16-6-4-3-5-7-16/h2-9,15,27H,1,10-14H2. The van der Waals surface area contributed by atoms with E-state index in [-0.39, 0.29) is 35.8 Å². The van der Waals surface area contributed by atoms with Gasteiger partial charge in [0.15, 0.2) is 0 Å². The average molecular weight is 487 g/mol. The number of carbonyl (C=O) groups is 3. The predicted octanol–water partition coefficient (Wildman–Crippen LogP) is 2.31. The highest BCUT2D eigenvalue weighted by Crippen LogP contribution is 2.30. The second-order valence-electron chi connectivity index (χ2n) is 8.28. The van der Waals surface area contributed by atoms with Crippen molar-refractivity contribution in [3.63, 3.8) is 0 Å². The Morgan fingerprint density at radius 2 is 1.75 bits per heavy atom. The van der Waals surface area contributed by atoms with E-state index in [1.807, 2.05) is 6.07 Å². The number of aromatic nitrogens is 5. The van der Waals surface area contributed by atoms with Crippen molar-refractivity contribution in [2.24, 2.45) is 0 Å². The summed E-state index contributed by atoms with van der Waals surface area (Å²) < 4.78 is 14.9. The van der Waals surface area contributed by atoms with E-state index in [0.29, 0.717) is 36.3 Å². The first kappa shape index (κ1) is 23.1. The summed E-state index contributed by atoms with van der Waals surface area (Å²) in [6.45, 7) is 4.98. The number of aromatic amines is 1. The molecule has 1 N–H and O–H groups in total. The number of benzene rings is 2. The van der Waals surface area contributed by atoms with Crippen molar-refractivity contribution in [1.29, 1.82) is 0 Å². The van der Waals surface area contributed by atoms with Crippen molar-refractivity contribution >= 4 is 28.5 Å². The number of hydrogen-bond donors (Lipinski definition) is 1. The summed E-state index contributed by atoms with van der Waals surface area (Å²) >= 11 is 0. The number of allylic oxidation sites excluding steroid dienone is 1. The van der Waals surface area contributed by atoms with E-state index < -0.39 is 17.5 Å². The van der Waals surface area contributed by atoms with Crippen LogP contribution < -0.4 is 0 Å². The topological polar surface area (TPSA) is 117 Å². The number of carbonyl (C=O) groups excluding carboxylic acids is 3. The summed E-state index contributed by atoms with van der Waals surface area (Å²) in [6.07, 6.45) is 2.93. The summed E-state index contributed by atoms with van der Waals surface area (Å²) in [7, 11) is 0. The number of nitrogens with one attached hydrogen (secondary N) is 1. The van der Waals surface area contributed by atoms with Crippen molar-refractivity contribution in [2.45, 2.75) is 6.54 Å². The highest BCUT2D eigenvalue weighted by molar-refractivity contribution is 6.45. The maximum atomic E-state index is 14.9. The molecule has 10 nitrogen and oxygen atoms in total. The monoisotopic (exact) mass is 487 g/mol. The number of tetrazole rings is 1. The maximum Gasteiger partial charge on any atom is 0.295 e. The Balaban J connectivity index is 1.34. The van der Waals surface area contributed by atoms with Crippen molar-refractivity contribution in [3.8, 4) is 11.4 Å². The van der Waals surface area contributed by atoms with Crippen LogP contribution in [0.1, 0.15) is 20.7 Å². The molecule has 0 atom stereocenters. The zero-order chi connectivity index (χ0) is 25.2. The van der Waals surface area contributed by atoms with E-state index in [2.05, 4.69) is 27.0 Å². The number of nitrogens with zero attached hydrogens (tertiary/aromatic N) is 6. The van der Waals surface area contributed by atoms with Crippen LogP contribution in [0.4, 0.5) is 4.39 Å². The molecule has 2 aromatic heterocycles. The molecule has 0 aliphatic carbocycles. The Hall–Kier alpha value is -4.67. The maximum absolute atomic E-state index is 14.9. The smallest absolute Gasteiger partial charge is 0.295 e. The van der Waals surface area contributed by atoms with E-state index >= 15 is 0 Å². The molecular weight excluding hydrogens is 465 g/mol. The second-order valence-corrected chi connectivity index (χ2v) is 8.28. The van der Waals surface area contributed by atoms with Crippen molar-refractivity contribution < 1.29 is 18.8 Å². The third kappa shape index (κ3) is 4.15. The van der Waals surface area contributed by atoms with Crippen molar-refractivity contribution in [3.05, 3.63) is 78.3 Å². The number of halogens is 1. The van der Waals surface area contributed by atoms with Crippen LogP contribution in [-0.2, 0) is 11.3 Å². The lowest BCUT2D eigenvalue weighted by molar-refractivity contribution is -0.127. The fourth-order valence-corrected chi connectivity index (χ4v) is 4.25. The van der Waals surface area contributed by atoms with Gasteiger partial charge in [-0.1, -0.05) is 24.3 Å². The Bertz CT molecular complexity index is 1470. The molecule has 11 heteroatoms. The molecule has 1 fully saturated rings. The number of Topliss-reactive ketones (excluding diaryl/α,β-unsaturated/α-hetero) is 1. The van der Waals surface area contributed by atoms with Gasteiger partial charge in [0.05, 0.1) is 17.6 Å². The van der Waals surface area contributed by atoms with E-state index in [0.717, 1.165) is 0 Å². The highest BCUT2D eigenvalue weighted by atomic mass is 19.1. The Morgan fingerprint density at radius 3 is 2.47 bits per heavy atom. The van der Waals surface area contributed by atoms with Gasteiger partial charge in [0.1, 0.15) is 5.82 Å². The first-order valence-electron chi connectivity index (χ1n) is 11.3. The van der Waals surface area contributed by atoms with Gasteiger partial charge in [0, 0.05) is 48.9 Å². The lowest BCUT2D eigenvalue weighted by Crippen LogP contribution is -2.52. The molecule has 1 saturated heterocycles. The number of ketones is 1. The van der Waals surface area contributed by atoms with Crippen LogP contribution in [0, 0.1) is 5.82 Å². The van der Waals surface area contributed by atoms with Crippen LogP contribution in [-0.4, -0.2) is 78.8 Å². The molecule has 0 spiro atoms.